The molecule has 0 radical (unpaired) electrons. The quantitative estimate of drug-likeness (QED) is 0.662. The molecule has 0 aliphatic carbocycles. The number of carbonyl (C=O) groups is 1. The number of nitrogens with one attached hydrogen (secondary N) is 1. The van der Waals surface area contributed by atoms with Crippen molar-refractivity contribution in [1.29, 1.82) is 0 Å². The molecule has 21 heavy (non-hydrogen) atoms. The van der Waals surface area contributed by atoms with Crippen molar-refractivity contribution < 1.29 is 13.6 Å². The summed E-state index contributed by atoms with van der Waals surface area (Å²) >= 11 is 4.40. The molecule has 1 amide bonds. The predicted molar refractivity (Wildman–Crippen MR) is 83.8 cm³/mol. The van der Waals surface area contributed by atoms with Crippen molar-refractivity contribution in [2.24, 2.45) is 0 Å². The van der Waals surface area contributed by atoms with Crippen LogP contribution >= 0.6 is 27.3 Å². The Morgan fingerprint density at radius 2 is 1.76 bits per heavy atom. The van der Waals surface area contributed by atoms with Gasteiger partial charge in [0.1, 0.15) is 11.6 Å². The Labute approximate surface area is 131 Å². The maximum absolute atomic E-state index is 13.1. The Morgan fingerprint density at radius 3 is 2.52 bits per heavy atom. The van der Waals surface area contributed by atoms with Gasteiger partial charge >= 0.3 is 0 Å². The number of benzene rings is 2. The largest absolute Gasteiger partial charge is 0.320 e. The molecule has 3 aromatic rings. The lowest BCUT2D eigenvalue weighted by Crippen LogP contribution is -2.10. The van der Waals surface area contributed by atoms with Gasteiger partial charge in [0.05, 0.1) is 10.6 Å². The molecule has 0 aliphatic rings. The molecule has 0 spiro atoms. The van der Waals surface area contributed by atoms with Gasteiger partial charge in [-0.05, 0) is 57.7 Å². The predicted octanol–water partition coefficient (Wildman–Crippen LogP) is 5.19. The molecule has 3 rings (SSSR count). The van der Waals surface area contributed by atoms with Crippen LogP contribution in [-0.2, 0) is 0 Å². The van der Waals surface area contributed by atoms with Gasteiger partial charge in [0.2, 0.25) is 0 Å². The molecule has 106 valence electrons. The van der Waals surface area contributed by atoms with Crippen molar-refractivity contribution >= 4 is 48.9 Å². The maximum Gasteiger partial charge on any atom is 0.265 e. The van der Waals surface area contributed by atoms with Gasteiger partial charge < -0.3 is 5.32 Å². The SMILES string of the molecule is O=C(Nc1ccc(F)cc1Br)c1cc2ccc(F)cc2s1. The number of rotatable bonds is 2. The fourth-order valence-electron chi connectivity index (χ4n) is 1.89. The Hall–Kier alpha value is -1.79. The van der Waals surface area contributed by atoms with E-state index in [0.717, 1.165) is 5.39 Å². The number of anilines is 1. The Morgan fingerprint density at radius 1 is 1.05 bits per heavy atom. The average Bonchev–Trinajstić information content (AvgIpc) is 2.85. The van der Waals surface area contributed by atoms with E-state index in [1.165, 1.54) is 41.7 Å². The van der Waals surface area contributed by atoms with Crippen LogP contribution in [0.5, 0.6) is 0 Å². The molecule has 1 aromatic heterocycles. The van der Waals surface area contributed by atoms with Gasteiger partial charge in [0.25, 0.3) is 5.91 Å². The number of carbonyl (C=O) groups excluding carboxylic acids is 1. The first kappa shape index (κ1) is 14.2. The summed E-state index contributed by atoms with van der Waals surface area (Å²) in [5.74, 6) is -1.04. The summed E-state index contributed by atoms with van der Waals surface area (Å²) < 4.78 is 27.3. The minimum atomic E-state index is -0.391. The van der Waals surface area contributed by atoms with Gasteiger partial charge in [-0.3, -0.25) is 4.79 Å². The van der Waals surface area contributed by atoms with Crippen LogP contribution in [0.1, 0.15) is 9.67 Å². The lowest BCUT2D eigenvalue weighted by Gasteiger charge is -2.05. The average molecular weight is 368 g/mol. The Kier molecular flexibility index (Phi) is 3.73. The highest BCUT2D eigenvalue weighted by atomic mass is 79.9. The number of thiophene rings is 1. The van der Waals surface area contributed by atoms with E-state index >= 15 is 0 Å². The molecule has 0 unspecified atom stereocenters. The molecule has 0 aliphatic heterocycles. The fraction of sp³-hybridized carbons (Fsp3) is 0. The Balaban J connectivity index is 1.89. The molecular formula is C15H8BrF2NOS. The normalized spacial score (nSPS) is 10.8. The number of halogens is 3. The van der Waals surface area contributed by atoms with Crippen molar-refractivity contribution in [2.75, 3.05) is 5.32 Å². The van der Waals surface area contributed by atoms with E-state index in [1.807, 2.05) is 0 Å². The third-order valence-electron chi connectivity index (χ3n) is 2.89. The summed E-state index contributed by atoms with van der Waals surface area (Å²) in [5.41, 5.74) is 0.477. The van der Waals surface area contributed by atoms with Crippen molar-refractivity contribution in [1.82, 2.24) is 0 Å². The van der Waals surface area contributed by atoms with Crippen LogP contribution in [-0.4, -0.2) is 5.91 Å². The first-order valence-corrected chi connectivity index (χ1v) is 7.59. The summed E-state index contributed by atoms with van der Waals surface area (Å²) in [4.78, 5) is 12.7. The molecule has 1 heterocycles. The van der Waals surface area contributed by atoms with Gasteiger partial charge in [0, 0.05) is 9.17 Å². The summed E-state index contributed by atoms with van der Waals surface area (Å²) in [5, 5.41) is 3.50. The molecular weight excluding hydrogens is 360 g/mol. The van der Waals surface area contributed by atoms with E-state index in [-0.39, 0.29) is 11.7 Å². The third kappa shape index (κ3) is 2.96. The number of hydrogen-bond donors (Lipinski definition) is 1. The monoisotopic (exact) mass is 367 g/mol. The third-order valence-corrected chi connectivity index (χ3v) is 4.64. The second-order valence-corrected chi connectivity index (χ2v) is 6.31. The topological polar surface area (TPSA) is 29.1 Å². The van der Waals surface area contributed by atoms with E-state index in [2.05, 4.69) is 21.2 Å². The lowest BCUT2D eigenvalue weighted by atomic mass is 10.2. The van der Waals surface area contributed by atoms with Crippen LogP contribution in [0.2, 0.25) is 0 Å². The molecule has 0 bridgehead atoms. The molecule has 0 saturated carbocycles. The highest BCUT2D eigenvalue weighted by Crippen LogP contribution is 2.28. The summed E-state index contributed by atoms with van der Waals surface area (Å²) in [7, 11) is 0. The Bertz CT molecular complexity index is 847. The van der Waals surface area contributed by atoms with E-state index < -0.39 is 5.82 Å². The van der Waals surface area contributed by atoms with Crippen LogP contribution in [0.15, 0.2) is 46.9 Å². The second kappa shape index (κ2) is 5.54. The molecule has 0 saturated heterocycles. The van der Waals surface area contributed by atoms with Gasteiger partial charge in [0.15, 0.2) is 0 Å². The van der Waals surface area contributed by atoms with Crippen LogP contribution in [0.3, 0.4) is 0 Å². The number of amides is 1. The maximum atomic E-state index is 13.1. The molecule has 0 atom stereocenters. The minimum Gasteiger partial charge on any atom is -0.320 e. The van der Waals surface area contributed by atoms with Crippen LogP contribution in [0.4, 0.5) is 14.5 Å². The van der Waals surface area contributed by atoms with Gasteiger partial charge in [-0.25, -0.2) is 8.78 Å². The lowest BCUT2D eigenvalue weighted by molar-refractivity contribution is 0.103. The van der Waals surface area contributed by atoms with Crippen molar-refractivity contribution in [3.8, 4) is 0 Å². The number of hydrogen-bond acceptors (Lipinski definition) is 2. The smallest absolute Gasteiger partial charge is 0.265 e. The van der Waals surface area contributed by atoms with Crippen molar-refractivity contribution in [3.05, 3.63) is 63.4 Å². The molecule has 6 heteroatoms. The van der Waals surface area contributed by atoms with Crippen LogP contribution in [0, 0.1) is 11.6 Å². The molecule has 0 fully saturated rings. The van der Waals surface area contributed by atoms with E-state index in [0.29, 0.717) is 19.7 Å². The van der Waals surface area contributed by atoms with Crippen LogP contribution in [0.25, 0.3) is 10.1 Å². The zero-order chi connectivity index (χ0) is 15.0. The van der Waals surface area contributed by atoms with E-state index in [1.54, 1.807) is 12.1 Å². The summed E-state index contributed by atoms with van der Waals surface area (Å²) in [6.07, 6.45) is 0. The first-order valence-electron chi connectivity index (χ1n) is 5.98. The zero-order valence-electron chi connectivity index (χ0n) is 10.5. The molecule has 2 aromatic carbocycles. The van der Waals surface area contributed by atoms with E-state index in [9.17, 15) is 13.6 Å². The van der Waals surface area contributed by atoms with Gasteiger partial charge in [-0.1, -0.05) is 6.07 Å². The summed E-state index contributed by atoms with van der Waals surface area (Å²) in [6, 6.07) is 10.1. The minimum absolute atomic E-state index is 0.316. The molecule has 2 nitrogen and oxygen atoms in total. The van der Waals surface area contributed by atoms with E-state index in [4.69, 9.17) is 0 Å². The summed E-state index contributed by atoms with van der Waals surface area (Å²) in [6.45, 7) is 0. The van der Waals surface area contributed by atoms with Gasteiger partial charge in [-0.15, -0.1) is 11.3 Å². The van der Waals surface area contributed by atoms with Crippen molar-refractivity contribution in [3.63, 3.8) is 0 Å². The fourth-order valence-corrected chi connectivity index (χ4v) is 3.32. The van der Waals surface area contributed by atoms with Crippen LogP contribution < -0.4 is 5.32 Å². The highest BCUT2D eigenvalue weighted by molar-refractivity contribution is 9.10. The first-order chi connectivity index (χ1) is 10.0. The molecule has 1 N–H and O–H groups in total. The second-order valence-electron chi connectivity index (χ2n) is 4.37. The van der Waals surface area contributed by atoms with Gasteiger partial charge in [-0.2, -0.15) is 0 Å². The highest BCUT2D eigenvalue weighted by Gasteiger charge is 2.12. The van der Waals surface area contributed by atoms with Crippen molar-refractivity contribution in [2.45, 2.75) is 0 Å². The standard InChI is InChI=1S/C15H8BrF2NOS/c16-11-6-9(17)3-4-12(11)19-15(20)14-5-8-1-2-10(18)7-13(8)21-14/h1-7H,(H,19,20). The number of fused-ring (bicyclic) bond motifs is 1. The zero-order valence-corrected chi connectivity index (χ0v) is 12.9.